The molecule has 0 spiro atoms. The first-order valence-corrected chi connectivity index (χ1v) is 6.54. The third-order valence-electron chi connectivity index (χ3n) is 2.78. The zero-order valence-electron chi connectivity index (χ0n) is 10.6. The van der Waals surface area contributed by atoms with Crippen molar-refractivity contribution in [3.63, 3.8) is 0 Å². The van der Waals surface area contributed by atoms with E-state index in [0.29, 0.717) is 16.9 Å². The maximum Gasteiger partial charge on any atom is 0.335 e. The van der Waals surface area contributed by atoms with E-state index in [-0.39, 0.29) is 11.3 Å². The molecule has 0 radical (unpaired) electrons. The van der Waals surface area contributed by atoms with Gasteiger partial charge < -0.3 is 9.84 Å². The quantitative estimate of drug-likeness (QED) is 0.870. The number of ether oxygens (including phenoxy) is 1. The molecule has 2 aromatic carbocycles. The maximum absolute atomic E-state index is 12.5. The lowest BCUT2D eigenvalue weighted by Gasteiger charge is -2.08. The van der Waals surface area contributed by atoms with Crippen molar-refractivity contribution in [3.8, 4) is 5.75 Å². The minimum absolute atomic E-state index is 0.0739. The monoisotopic (exact) mass is 334 g/mol. The Morgan fingerprint density at radius 3 is 2.45 bits per heavy atom. The Morgan fingerprint density at radius 1 is 1.10 bits per heavy atom. The first-order valence-electron chi connectivity index (χ1n) is 5.74. The summed E-state index contributed by atoms with van der Waals surface area (Å²) in [5.74, 6) is -0.911. The fourth-order valence-electron chi connectivity index (χ4n) is 1.81. The number of halogens is 1. The van der Waals surface area contributed by atoms with Crippen LogP contribution in [0.1, 0.15) is 26.3 Å². The summed E-state index contributed by atoms with van der Waals surface area (Å²) in [7, 11) is 1.48. The van der Waals surface area contributed by atoms with Crippen LogP contribution in [0.25, 0.3) is 0 Å². The van der Waals surface area contributed by atoms with E-state index in [4.69, 9.17) is 9.84 Å². The lowest BCUT2D eigenvalue weighted by molar-refractivity contribution is 0.0697. The van der Waals surface area contributed by atoms with Crippen molar-refractivity contribution >= 4 is 27.7 Å². The highest BCUT2D eigenvalue weighted by Gasteiger charge is 2.16. The van der Waals surface area contributed by atoms with Gasteiger partial charge in [0.1, 0.15) is 5.75 Å². The largest absolute Gasteiger partial charge is 0.496 e. The molecule has 0 aliphatic heterocycles. The van der Waals surface area contributed by atoms with Gasteiger partial charge in [-0.15, -0.1) is 0 Å². The van der Waals surface area contributed by atoms with Gasteiger partial charge in [0.25, 0.3) is 0 Å². The Bertz CT molecular complexity index is 679. The summed E-state index contributed by atoms with van der Waals surface area (Å²) in [5, 5.41) is 8.96. The van der Waals surface area contributed by atoms with Crippen LogP contribution in [-0.2, 0) is 0 Å². The normalized spacial score (nSPS) is 10.1. The first-order chi connectivity index (χ1) is 9.52. The summed E-state index contributed by atoms with van der Waals surface area (Å²) in [4.78, 5) is 23.4. The van der Waals surface area contributed by atoms with Crippen LogP contribution in [0.5, 0.6) is 5.75 Å². The molecule has 0 atom stereocenters. The molecule has 1 N–H and O–H groups in total. The molecule has 0 aliphatic rings. The van der Waals surface area contributed by atoms with Crippen LogP contribution < -0.4 is 4.74 Å². The van der Waals surface area contributed by atoms with Crippen molar-refractivity contribution in [1.82, 2.24) is 0 Å². The van der Waals surface area contributed by atoms with Crippen molar-refractivity contribution in [1.29, 1.82) is 0 Å². The maximum atomic E-state index is 12.5. The molecule has 0 saturated carbocycles. The summed E-state index contributed by atoms with van der Waals surface area (Å²) < 4.78 is 5.91. The van der Waals surface area contributed by atoms with Crippen LogP contribution in [0.4, 0.5) is 0 Å². The van der Waals surface area contributed by atoms with Gasteiger partial charge in [-0.05, 0) is 30.3 Å². The average molecular weight is 335 g/mol. The second kappa shape index (κ2) is 5.88. The van der Waals surface area contributed by atoms with E-state index in [1.54, 1.807) is 30.3 Å². The number of hydrogen-bond donors (Lipinski definition) is 1. The van der Waals surface area contributed by atoms with E-state index in [1.807, 2.05) is 0 Å². The number of benzene rings is 2. The van der Waals surface area contributed by atoms with E-state index in [1.165, 1.54) is 19.2 Å². The van der Waals surface area contributed by atoms with Crippen molar-refractivity contribution in [2.45, 2.75) is 0 Å². The van der Waals surface area contributed by atoms with Gasteiger partial charge in [0.15, 0.2) is 5.78 Å². The fraction of sp³-hybridized carbons (Fsp3) is 0.0667. The molecule has 0 saturated heterocycles. The molecule has 2 rings (SSSR count). The molecule has 5 heteroatoms. The highest BCUT2D eigenvalue weighted by Crippen LogP contribution is 2.25. The van der Waals surface area contributed by atoms with E-state index in [9.17, 15) is 9.59 Å². The SMILES string of the molecule is COc1ccc(Br)cc1C(=O)c1cccc(C(=O)O)c1. The van der Waals surface area contributed by atoms with Gasteiger partial charge >= 0.3 is 5.97 Å². The summed E-state index contributed by atoms with van der Waals surface area (Å²) in [5.41, 5.74) is 0.760. The number of carbonyl (C=O) groups is 2. The van der Waals surface area contributed by atoms with E-state index in [2.05, 4.69) is 15.9 Å². The van der Waals surface area contributed by atoms with Crippen LogP contribution >= 0.6 is 15.9 Å². The number of hydrogen-bond acceptors (Lipinski definition) is 3. The number of carboxylic acid groups (broad SMARTS) is 1. The summed E-state index contributed by atoms with van der Waals surface area (Å²) in [6.07, 6.45) is 0. The predicted octanol–water partition coefficient (Wildman–Crippen LogP) is 3.39. The summed E-state index contributed by atoms with van der Waals surface area (Å²) in [6, 6.07) is 11.0. The highest BCUT2D eigenvalue weighted by molar-refractivity contribution is 9.10. The molecule has 20 heavy (non-hydrogen) atoms. The van der Waals surface area contributed by atoms with Gasteiger partial charge in [-0.25, -0.2) is 4.79 Å². The molecular formula is C15H11BrO4. The lowest BCUT2D eigenvalue weighted by Crippen LogP contribution is -2.06. The standard InChI is InChI=1S/C15H11BrO4/c1-20-13-6-5-11(16)8-12(13)14(17)9-3-2-4-10(7-9)15(18)19/h2-8H,1H3,(H,18,19). The zero-order valence-corrected chi connectivity index (χ0v) is 12.2. The van der Waals surface area contributed by atoms with Crippen LogP contribution in [0.3, 0.4) is 0 Å². The fourth-order valence-corrected chi connectivity index (χ4v) is 2.17. The number of methoxy groups -OCH3 is 1. The second-order valence-electron chi connectivity index (χ2n) is 4.06. The number of carboxylic acids is 1. The topological polar surface area (TPSA) is 63.6 Å². The van der Waals surface area contributed by atoms with Crippen LogP contribution in [-0.4, -0.2) is 24.0 Å². The van der Waals surface area contributed by atoms with Gasteiger partial charge in [-0.3, -0.25) is 4.79 Å². The van der Waals surface area contributed by atoms with Crippen LogP contribution in [0.15, 0.2) is 46.9 Å². The summed E-state index contributed by atoms with van der Waals surface area (Å²) >= 11 is 3.30. The second-order valence-corrected chi connectivity index (χ2v) is 4.98. The molecule has 0 unspecified atom stereocenters. The van der Waals surface area contributed by atoms with E-state index in [0.717, 1.165) is 4.47 Å². The van der Waals surface area contributed by atoms with E-state index < -0.39 is 5.97 Å². The smallest absolute Gasteiger partial charge is 0.335 e. The zero-order chi connectivity index (χ0) is 14.7. The molecule has 4 nitrogen and oxygen atoms in total. The first kappa shape index (κ1) is 14.3. The van der Waals surface area contributed by atoms with Crippen molar-refractivity contribution in [2.24, 2.45) is 0 Å². The number of ketones is 1. The number of aromatic carboxylic acids is 1. The molecule has 0 fully saturated rings. The molecule has 0 amide bonds. The van der Waals surface area contributed by atoms with Crippen LogP contribution in [0.2, 0.25) is 0 Å². The van der Waals surface area contributed by atoms with Gasteiger partial charge in [-0.1, -0.05) is 28.1 Å². The molecule has 0 aromatic heterocycles. The molecule has 0 bridgehead atoms. The van der Waals surface area contributed by atoms with E-state index >= 15 is 0 Å². The number of carbonyl (C=O) groups excluding carboxylic acids is 1. The highest BCUT2D eigenvalue weighted by atomic mass is 79.9. The molecule has 2 aromatic rings. The summed E-state index contributed by atoms with van der Waals surface area (Å²) in [6.45, 7) is 0. The van der Waals surface area contributed by atoms with Crippen LogP contribution in [0, 0.1) is 0 Å². The third kappa shape index (κ3) is 2.88. The van der Waals surface area contributed by atoms with Gasteiger partial charge in [-0.2, -0.15) is 0 Å². The Labute approximate surface area is 124 Å². The van der Waals surface area contributed by atoms with Gasteiger partial charge in [0.2, 0.25) is 0 Å². The van der Waals surface area contributed by atoms with Crippen molar-refractivity contribution in [3.05, 3.63) is 63.6 Å². The molecule has 102 valence electrons. The van der Waals surface area contributed by atoms with Crippen molar-refractivity contribution in [2.75, 3.05) is 7.11 Å². The lowest BCUT2D eigenvalue weighted by atomic mass is 10.0. The minimum Gasteiger partial charge on any atom is -0.496 e. The minimum atomic E-state index is -1.07. The van der Waals surface area contributed by atoms with Crippen molar-refractivity contribution < 1.29 is 19.4 Å². The Kier molecular flexibility index (Phi) is 4.20. The Balaban J connectivity index is 2.48. The molecule has 0 heterocycles. The molecular weight excluding hydrogens is 324 g/mol. The average Bonchev–Trinajstić information content (AvgIpc) is 2.46. The third-order valence-corrected chi connectivity index (χ3v) is 3.27. The number of rotatable bonds is 4. The van der Waals surface area contributed by atoms with Gasteiger partial charge in [0.05, 0.1) is 18.2 Å². The molecule has 0 aliphatic carbocycles. The Morgan fingerprint density at radius 2 is 1.80 bits per heavy atom. The van der Waals surface area contributed by atoms with Gasteiger partial charge in [0, 0.05) is 10.0 Å². The Hall–Kier alpha value is -2.14. The predicted molar refractivity (Wildman–Crippen MR) is 77.5 cm³/mol.